The minimum Gasteiger partial charge on any atom is -0.491 e. The number of nitrogens with zero attached hydrogens (tertiary/aromatic N) is 1. The van der Waals surface area contributed by atoms with Crippen LogP contribution in [0.2, 0.25) is 5.02 Å². The monoisotopic (exact) mass is 377 g/mol. The van der Waals surface area contributed by atoms with Crippen molar-refractivity contribution in [3.8, 4) is 5.75 Å². The summed E-state index contributed by atoms with van der Waals surface area (Å²) in [6, 6.07) is 12.7. The Morgan fingerprint density at radius 1 is 1.15 bits per heavy atom. The number of benzene rings is 2. The molecule has 1 amide bonds. The molecule has 0 bridgehead atoms. The second-order valence-corrected chi connectivity index (χ2v) is 7.00. The molecule has 26 heavy (non-hydrogen) atoms. The maximum Gasteiger partial charge on any atom is 0.255 e. The smallest absolute Gasteiger partial charge is 0.255 e. The Kier molecular flexibility index (Phi) is 5.79. The van der Waals surface area contributed by atoms with E-state index < -0.39 is 5.60 Å². The Hall–Kier alpha value is -2.11. The van der Waals surface area contributed by atoms with E-state index in [2.05, 4.69) is 0 Å². The molecule has 1 fully saturated rings. The van der Waals surface area contributed by atoms with E-state index in [4.69, 9.17) is 16.3 Å². The highest BCUT2D eigenvalue weighted by Gasteiger charge is 2.33. The van der Waals surface area contributed by atoms with Crippen molar-refractivity contribution in [1.29, 1.82) is 0 Å². The molecule has 0 aliphatic carbocycles. The van der Waals surface area contributed by atoms with E-state index in [0.29, 0.717) is 48.7 Å². The van der Waals surface area contributed by atoms with E-state index in [1.54, 1.807) is 29.2 Å². The Labute approximate surface area is 157 Å². The summed E-state index contributed by atoms with van der Waals surface area (Å²) >= 11 is 6.12. The van der Waals surface area contributed by atoms with Crippen LogP contribution in [-0.2, 0) is 0 Å². The molecule has 1 aliphatic heterocycles. The van der Waals surface area contributed by atoms with Crippen LogP contribution in [0.15, 0.2) is 48.5 Å². The van der Waals surface area contributed by atoms with Crippen LogP contribution in [0.1, 0.15) is 29.6 Å². The number of hydrogen-bond donors (Lipinski definition) is 1. The summed E-state index contributed by atoms with van der Waals surface area (Å²) in [5, 5.41) is 11.3. The van der Waals surface area contributed by atoms with E-state index >= 15 is 0 Å². The van der Waals surface area contributed by atoms with E-state index in [-0.39, 0.29) is 18.3 Å². The van der Waals surface area contributed by atoms with Gasteiger partial charge in [0.25, 0.3) is 5.91 Å². The fraction of sp³-hybridized carbons (Fsp3) is 0.350. The first-order chi connectivity index (χ1) is 12.5. The molecule has 1 unspecified atom stereocenters. The van der Waals surface area contributed by atoms with Gasteiger partial charge in [-0.2, -0.15) is 0 Å². The lowest BCUT2D eigenvalue weighted by Crippen LogP contribution is -2.38. The topological polar surface area (TPSA) is 49.8 Å². The lowest BCUT2D eigenvalue weighted by atomic mass is 9.96. The molecule has 0 aromatic heterocycles. The second-order valence-electron chi connectivity index (χ2n) is 6.59. The van der Waals surface area contributed by atoms with Gasteiger partial charge in [0.05, 0.1) is 10.6 Å². The normalized spacial score (nSPS) is 20.5. The summed E-state index contributed by atoms with van der Waals surface area (Å²) in [6.45, 7) is 1.09. The predicted octanol–water partition coefficient (Wildman–Crippen LogP) is 3.92. The zero-order valence-electron chi connectivity index (χ0n) is 14.3. The molecule has 2 aromatic carbocycles. The molecule has 138 valence electrons. The zero-order valence-corrected chi connectivity index (χ0v) is 15.1. The van der Waals surface area contributed by atoms with Crippen LogP contribution in [0.3, 0.4) is 0 Å². The van der Waals surface area contributed by atoms with Gasteiger partial charge in [-0.3, -0.25) is 4.79 Å². The molecule has 6 heteroatoms. The summed E-state index contributed by atoms with van der Waals surface area (Å²) in [5.74, 6) is 0.0478. The largest absolute Gasteiger partial charge is 0.491 e. The fourth-order valence-electron chi connectivity index (χ4n) is 3.08. The molecule has 1 N–H and O–H groups in total. The number of halogens is 2. The predicted molar refractivity (Wildman–Crippen MR) is 98.1 cm³/mol. The second kappa shape index (κ2) is 8.06. The molecule has 1 heterocycles. The summed E-state index contributed by atoms with van der Waals surface area (Å²) < 4.78 is 18.6. The standard InChI is InChI=1S/C20H21ClFNO3/c21-18-5-2-1-4-17(18)19(24)23-12-3-10-20(25,11-13-23)14-26-16-8-6-15(22)7-9-16/h1-2,4-9,25H,3,10-14H2. The van der Waals surface area contributed by atoms with Gasteiger partial charge in [0, 0.05) is 13.1 Å². The molecule has 0 saturated carbocycles. The van der Waals surface area contributed by atoms with Crippen LogP contribution in [0.25, 0.3) is 0 Å². The minimum absolute atomic E-state index is 0.104. The SMILES string of the molecule is O=C(c1ccccc1Cl)N1CCCC(O)(COc2ccc(F)cc2)CC1. The third kappa shape index (κ3) is 4.54. The molecule has 1 atom stereocenters. The molecule has 2 aromatic rings. The molecule has 1 aliphatic rings. The number of hydrogen-bond acceptors (Lipinski definition) is 3. The van der Waals surface area contributed by atoms with Crippen molar-refractivity contribution in [3.63, 3.8) is 0 Å². The van der Waals surface area contributed by atoms with E-state index in [1.165, 1.54) is 24.3 Å². The number of likely N-dealkylation sites (tertiary alicyclic amines) is 1. The lowest BCUT2D eigenvalue weighted by molar-refractivity contribution is -0.0163. The molecule has 4 nitrogen and oxygen atoms in total. The highest BCUT2D eigenvalue weighted by Crippen LogP contribution is 2.26. The van der Waals surface area contributed by atoms with Gasteiger partial charge in [0.15, 0.2) is 0 Å². The highest BCUT2D eigenvalue weighted by molar-refractivity contribution is 6.33. The molecule has 1 saturated heterocycles. The van der Waals surface area contributed by atoms with Gasteiger partial charge < -0.3 is 14.7 Å². The van der Waals surface area contributed by atoms with Crippen LogP contribution in [0, 0.1) is 5.82 Å². The number of carbonyl (C=O) groups excluding carboxylic acids is 1. The van der Waals surface area contributed by atoms with Gasteiger partial charge in [-0.05, 0) is 55.7 Å². The van der Waals surface area contributed by atoms with Crippen LogP contribution in [0.5, 0.6) is 5.75 Å². The van der Waals surface area contributed by atoms with Crippen molar-refractivity contribution in [2.45, 2.75) is 24.9 Å². The summed E-state index contributed by atoms with van der Waals surface area (Å²) in [4.78, 5) is 14.4. The van der Waals surface area contributed by atoms with Crippen molar-refractivity contribution >= 4 is 17.5 Å². The number of ether oxygens (including phenoxy) is 1. The molecule has 0 spiro atoms. The maximum absolute atomic E-state index is 12.9. The van der Waals surface area contributed by atoms with Crippen molar-refractivity contribution < 1.29 is 19.0 Å². The van der Waals surface area contributed by atoms with E-state index in [9.17, 15) is 14.3 Å². The highest BCUT2D eigenvalue weighted by atomic mass is 35.5. The molecular weight excluding hydrogens is 357 g/mol. The number of carbonyl (C=O) groups is 1. The fourth-order valence-corrected chi connectivity index (χ4v) is 3.30. The number of rotatable bonds is 4. The van der Waals surface area contributed by atoms with Gasteiger partial charge in [-0.15, -0.1) is 0 Å². The van der Waals surface area contributed by atoms with Crippen LogP contribution >= 0.6 is 11.6 Å². The molecular formula is C20H21ClFNO3. The Morgan fingerprint density at radius 3 is 2.62 bits per heavy atom. The van der Waals surface area contributed by atoms with Crippen LogP contribution < -0.4 is 4.74 Å². The van der Waals surface area contributed by atoms with Crippen LogP contribution in [0.4, 0.5) is 4.39 Å². The first-order valence-corrected chi connectivity index (χ1v) is 8.99. The molecule has 0 radical (unpaired) electrons. The van der Waals surface area contributed by atoms with Gasteiger partial charge >= 0.3 is 0 Å². The van der Waals surface area contributed by atoms with Crippen molar-refractivity contribution in [2.24, 2.45) is 0 Å². The average molecular weight is 378 g/mol. The maximum atomic E-state index is 12.9. The summed E-state index contributed by atoms with van der Waals surface area (Å²) in [6.07, 6.45) is 1.60. The number of aliphatic hydroxyl groups is 1. The lowest BCUT2D eigenvalue weighted by Gasteiger charge is -2.27. The number of amides is 1. The quantitative estimate of drug-likeness (QED) is 0.878. The molecule has 3 rings (SSSR count). The van der Waals surface area contributed by atoms with Gasteiger partial charge in [-0.25, -0.2) is 4.39 Å². The zero-order chi connectivity index (χ0) is 18.6. The van der Waals surface area contributed by atoms with Gasteiger partial charge in [-0.1, -0.05) is 23.7 Å². The van der Waals surface area contributed by atoms with Gasteiger partial charge in [0.2, 0.25) is 0 Å². The van der Waals surface area contributed by atoms with Crippen LogP contribution in [-0.4, -0.2) is 41.2 Å². The first-order valence-electron chi connectivity index (χ1n) is 8.61. The Bertz CT molecular complexity index is 768. The van der Waals surface area contributed by atoms with Gasteiger partial charge in [0.1, 0.15) is 23.8 Å². The minimum atomic E-state index is -1.02. The third-order valence-corrected chi connectivity index (χ3v) is 4.96. The van der Waals surface area contributed by atoms with E-state index in [0.717, 1.165) is 0 Å². The average Bonchev–Trinajstić information content (AvgIpc) is 2.83. The van der Waals surface area contributed by atoms with E-state index in [1.807, 2.05) is 0 Å². The summed E-state index contributed by atoms with van der Waals surface area (Å²) in [7, 11) is 0. The summed E-state index contributed by atoms with van der Waals surface area (Å²) in [5.41, 5.74) is -0.550. The van der Waals surface area contributed by atoms with Crippen molar-refractivity contribution in [2.75, 3.05) is 19.7 Å². The van der Waals surface area contributed by atoms with Crippen molar-refractivity contribution in [3.05, 3.63) is 64.9 Å². The third-order valence-electron chi connectivity index (χ3n) is 4.63. The Morgan fingerprint density at radius 2 is 1.88 bits per heavy atom. The first kappa shape index (κ1) is 18.7. The van der Waals surface area contributed by atoms with Crippen molar-refractivity contribution in [1.82, 2.24) is 4.90 Å². The Balaban J connectivity index is 1.61.